The monoisotopic (exact) mass is 283 g/mol. The average molecular weight is 283 g/mol. The molecule has 0 unspecified atom stereocenters. The van der Waals surface area contributed by atoms with Crippen molar-refractivity contribution >= 4 is 0 Å². The number of nitrogens with zero attached hydrogens (tertiary/aromatic N) is 1. The van der Waals surface area contributed by atoms with Gasteiger partial charge in [-0.3, -0.25) is 4.98 Å². The molecule has 1 heterocycles. The van der Waals surface area contributed by atoms with Gasteiger partial charge in [-0.15, -0.1) is 0 Å². The van der Waals surface area contributed by atoms with Crippen LogP contribution >= 0.6 is 0 Å². The summed E-state index contributed by atoms with van der Waals surface area (Å²) in [6, 6.07) is 0. The smallest absolute Gasteiger partial charge is 0.263 e. The largest absolute Gasteiger partial charge is 0.418 e. The van der Waals surface area contributed by atoms with Gasteiger partial charge in [-0.05, 0) is 0 Å². The molecule has 1 aromatic heterocycles. The molecule has 10 heteroatoms. The van der Waals surface area contributed by atoms with Crippen molar-refractivity contribution in [1.29, 1.82) is 0 Å². The number of hydrogen-bond acceptors (Lipinski definition) is 1. The van der Waals surface area contributed by atoms with Gasteiger partial charge in [0.15, 0.2) is 0 Å². The minimum absolute atomic E-state index is 0.294. The lowest BCUT2D eigenvalue weighted by atomic mass is 10.0. The number of hydrogen-bond donors (Lipinski definition) is 0. The lowest BCUT2D eigenvalue weighted by molar-refractivity contribution is -0.175. The Labute approximate surface area is 93.2 Å². The van der Waals surface area contributed by atoms with Crippen LogP contribution in [0.15, 0.2) is 12.4 Å². The molecule has 0 saturated carbocycles. The second kappa shape index (κ2) is 4.02. The first-order chi connectivity index (χ1) is 7.85. The van der Waals surface area contributed by atoms with Crippen LogP contribution in [0, 0.1) is 0 Å². The van der Waals surface area contributed by atoms with Crippen LogP contribution < -0.4 is 0 Å². The van der Waals surface area contributed by atoms with Crippen molar-refractivity contribution in [2.45, 2.75) is 18.5 Å². The van der Waals surface area contributed by atoms with Crippen molar-refractivity contribution in [2.24, 2.45) is 0 Å². The lowest BCUT2D eigenvalue weighted by Gasteiger charge is -2.19. The van der Waals surface area contributed by atoms with Crippen LogP contribution in [0.3, 0.4) is 0 Å². The Hall–Kier alpha value is -1.48. The van der Waals surface area contributed by atoms with Crippen LogP contribution in [-0.2, 0) is 18.5 Å². The first-order valence-electron chi connectivity index (χ1n) is 4.04. The van der Waals surface area contributed by atoms with Crippen molar-refractivity contribution in [3.63, 3.8) is 0 Å². The zero-order valence-electron chi connectivity index (χ0n) is 8.00. The van der Waals surface area contributed by atoms with Crippen molar-refractivity contribution in [3.8, 4) is 0 Å². The maximum Gasteiger partial charge on any atom is 0.418 e. The third-order valence-electron chi connectivity index (χ3n) is 1.84. The molecule has 1 nitrogen and oxygen atoms in total. The van der Waals surface area contributed by atoms with Gasteiger partial charge in [0.05, 0.1) is 16.7 Å². The first-order valence-corrected chi connectivity index (χ1v) is 4.04. The molecule has 0 amide bonds. The van der Waals surface area contributed by atoms with Gasteiger partial charge in [0.2, 0.25) is 0 Å². The Morgan fingerprint density at radius 1 is 0.611 bits per heavy atom. The van der Waals surface area contributed by atoms with E-state index in [1.807, 2.05) is 0 Å². The highest BCUT2D eigenvalue weighted by atomic mass is 19.4. The molecule has 1 rings (SSSR count). The number of aromatic nitrogens is 1. The molecule has 0 aliphatic rings. The first kappa shape index (κ1) is 14.6. The molecule has 0 bridgehead atoms. The summed E-state index contributed by atoms with van der Waals surface area (Å²) in [4.78, 5) is 2.55. The van der Waals surface area contributed by atoms with Gasteiger partial charge in [-0.1, -0.05) is 0 Å². The van der Waals surface area contributed by atoms with Crippen LogP contribution in [0.1, 0.15) is 16.7 Å². The van der Waals surface area contributed by atoms with Crippen LogP contribution in [0.25, 0.3) is 0 Å². The summed E-state index contributed by atoms with van der Waals surface area (Å²) in [7, 11) is 0. The second-order valence-corrected chi connectivity index (χ2v) is 3.10. The summed E-state index contributed by atoms with van der Waals surface area (Å²) in [5.74, 6) is 0. The highest BCUT2D eigenvalue weighted by Crippen LogP contribution is 2.45. The normalized spacial score (nSPS) is 13.8. The Morgan fingerprint density at radius 2 is 0.944 bits per heavy atom. The second-order valence-electron chi connectivity index (χ2n) is 3.10. The Balaban J connectivity index is 3.68. The Bertz CT molecular complexity index is 407. The SMILES string of the molecule is FC(F)(F)c1cncc(C(F)(F)F)c1C(F)(F)F. The van der Waals surface area contributed by atoms with E-state index in [9.17, 15) is 39.5 Å². The minimum Gasteiger partial charge on any atom is -0.263 e. The number of rotatable bonds is 0. The summed E-state index contributed by atoms with van der Waals surface area (Å²) in [6.45, 7) is 0. The van der Waals surface area contributed by atoms with E-state index in [4.69, 9.17) is 0 Å². The number of pyridine rings is 1. The third kappa shape index (κ3) is 2.85. The van der Waals surface area contributed by atoms with E-state index < -0.39 is 35.2 Å². The average Bonchev–Trinajstić information content (AvgIpc) is 2.12. The van der Waals surface area contributed by atoms with Crippen LogP contribution in [0.2, 0.25) is 0 Å². The highest BCUT2D eigenvalue weighted by molar-refractivity contribution is 5.38. The summed E-state index contributed by atoms with van der Waals surface area (Å²) in [5, 5.41) is 0. The van der Waals surface area contributed by atoms with Gasteiger partial charge in [0.1, 0.15) is 0 Å². The summed E-state index contributed by atoms with van der Waals surface area (Å²) >= 11 is 0. The molecule has 0 spiro atoms. The zero-order chi connectivity index (χ0) is 14.4. The van der Waals surface area contributed by atoms with Crippen molar-refractivity contribution < 1.29 is 39.5 Å². The lowest BCUT2D eigenvalue weighted by Crippen LogP contribution is -2.23. The standard InChI is InChI=1S/C8H2F9N/c9-6(10,11)3-1-18-2-4(7(12,13)14)5(3)8(15,16)17/h1-2H. The van der Waals surface area contributed by atoms with Crippen molar-refractivity contribution in [1.82, 2.24) is 4.98 Å². The maximum absolute atomic E-state index is 12.3. The summed E-state index contributed by atoms with van der Waals surface area (Å²) in [5.41, 5.74) is -7.72. The summed E-state index contributed by atoms with van der Waals surface area (Å²) < 4.78 is 110. The predicted octanol–water partition coefficient (Wildman–Crippen LogP) is 4.14. The van der Waals surface area contributed by atoms with Gasteiger partial charge in [-0.2, -0.15) is 39.5 Å². The summed E-state index contributed by atoms with van der Waals surface area (Å²) in [6.07, 6.45) is -17.5. The van der Waals surface area contributed by atoms with Crippen LogP contribution in [0.5, 0.6) is 0 Å². The fourth-order valence-electron chi connectivity index (χ4n) is 1.20. The van der Waals surface area contributed by atoms with Gasteiger partial charge >= 0.3 is 18.5 Å². The Morgan fingerprint density at radius 3 is 1.17 bits per heavy atom. The zero-order valence-corrected chi connectivity index (χ0v) is 8.00. The van der Waals surface area contributed by atoms with Crippen molar-refractivity contribution in [2.75, 3.05) is 0 Å². The molecule has 18 heavy (non-hydrogen) atoms. The topological polar surface area (TPSA) is 12.9 Å². The molecule has 0 atom stereocenters. The molecule has 0 aliphatic carbocycles. The van der Waals surface area contributed by atoms with Gasteiger partial charge in [0.25, 0.3) is 0 Å². The molecular weight excluding hydrogens is 281 g/mol. The van der Waals surface area contributed by atoms with Crippen LogP contribution in [-0.4, -0.2) is 4.98 Å². The molecule has 0 fully saturated rings. The Kier molecular flexibility index (Phi) is 3.26. The number of halogens is 9. The fourth-order valence-corrected chi connectivity index (χ4v) is 1.20. The van der Waals surface area contributed by atoms with Crippen molar-refractivity contribution in [3.05, 3.63) is 29.1 Å². The van der Waals surface area contributed by atoms with Crippen LogP contribution in [0.4, 0.5) is 39.5 Å². The van der Waals surface area contributed by atoms with Gasteiger partial charge in [-0.25, -0.2) is 0 Å². The quantitative estimate of drug-likeness (QED) is 0.652. The van der Waals surface area contributed by atoms with E-state index in [0.29, 0.717) is 0 Å². The number of alkyl halides is 9. The van der Waals surface area contributed by atoms with E-state index in [1.165, 1.54) is 0 Å². The van der Waals surface area contributed by atoms with E-state index in [0.717, 1.165) is 0 Å². The van der Waals surface area contributed by atoms with E-state index in [-0.39, 0.29) is 12.4 Å². The molecule has 0 aromatic carbocycles. The predicted molar refractivity (Wildman–Crippen MR) is 39.2 cm³/mol. The minimum atomic E-state index is -5.79. The fraction of sp³-hybridized carbons (Fsp3) is 0.375. The maximum atomic E-state index is 12.3. The molecule has 0 aliphatic heterocycles. The molecule has 102 valence electrons. The molecule has 0 N–H and O–H groups in total. The molecular formula is C8H2F9N. The molecule has 1 aromatic rings. The van der Waals surface area contributed by atoms with E-state index in [2.05, 4.69) is 4.98 Å². The highest BCUT2D eigenvalue weighted by Gasteiger charge is 2.50. The molecule has 0 radical (unpaired) electrons. The van der Waals surface area contributed by atoms with Gasteiger partial charge < -0.3 is 0 Å². The molecule has 0 saturated heterocycles. The van der Waals surface area contributed by atoms with Gasteiger partial charge in [0, 0.05) is 12.4 Å². The van der Waals surface area contributed by atoms with E-state index in [1.54, 1.807) is 0 Å². The third-order valence-corrected chi connectivity index (χ3v) is 1.84. The van der Waals surface area contributed by atoms with E-state index >= 15 is 0 Å².